The Kier molecular flexibility index (Phi) is 9.72. The summed E-state index contributed by atoms with van der Waals surface area (Å²) in [5.41, 5.74) is 13.0. The van der Waals surface area contributed by atoms with Crippen LogP contribution in [0.25, 0.3) is 88.0 Å². The van der Waals surface area contributed by atoms with Crippen molar-refractivity contribution in [1.29, 1.82) is 0 Å². The fourth-order valence-corrected chi connectivity index (χ4v) is 24.2. The van der Waals surface area contributed by atoms with E-state index in [1.165, 1.54) is 129 Å². The Hall–Kier alpha value is -8.93. The molecule has 2 aliphatic heterocycles. The van der Waals surface area contributed by atoms with Gasteiger partial charge in [0.2, 0.25) is 0 Å². The maximum Gasteiger partial charge on any atom is 0.180 e. The van der Waals surface area contributed by atoms with Crippen LogP contribution < -0.4 is 41.5 Å². The zero-order chi connectivity index (χ0) is 48.8. The largest absolute Gasteiger partial charge is 0.180 e. The zero-order valence-corrected chi connectivity index (χ0v) is 42.7. The fourth-order valence-electron chi connectivity index (χ4n) is 13.8. The Morgan fingerprint density at radius 3 is 0.959 bits per heavy atom. The molecule has 0 spiro atoms. The maximum absolute atomic E-state index is 2.75. The summed E-state index contributed by atoms with van der Waals surface area (Å²) in [6.45, 7) is 0. The molecule has 2 heteroatoms. The van der Waals surface area contributed by atoms with E-state index in [1.54, 1.807) is 0 Å². The van der Waals surface area contributed by atoms with Gasteiger partial charge in [-0.25, -0.2) is 0 Å². The van der Waals surface area contributed by atoms with Gasteiger partial charge in [-0.05, 0) is 136 Å². The van der Waals surface area contributed by atoms with E-state index in [0.717, 1.165) is 0 Å². The van der Waals surface area contributed by atoms with Crippen LogP contribution in [0.3, 0.4) is 0 Å². The van der Waals surface area contributed by atoms with Crippen LogP contribution in [0.1, 0.15) is 0 Å². The molecule has 0 aromatic heterocycles. The highest BCUT2D eigenvalue weighted by molar-refractivity contribution is 7.23. The molecule has 0 amide bonds. The van der Waals surface area contributed by atoms with Gasteiger partial charge in [0, 0.05) is 0 Å². The topological polar surface area (TPSA) is 0 Å². The molecule has 0 saturated heterocycles. The van der Waals surface area contributed by atoms with Crippen LogP contribution in [0.5, 0.6) is 0 Å². The molecule has 13 aromatic rings. The van der Waals surface area contributed by atoms with Crippen molar-refractivity contribution in [2.24, 2.45) is 0 Å². The van der Waals surface area contributed by atoms with Gasteiger partial charge in [-0.1, -0.05) is 285 Å². The smallest absolute Gasteiger partial charge is 0.0623 e. The van der Waals surface area contributed by atoms with Crippen molar-refractivity contribution in [1.82, 2.24) is 0 Å². The van der Waals surface area contributed by atoms with Crippen LogP contribution in [-0.2, 0) is 0 Å². The maximum atomic E-state index is 2.56. The quantitative estimate of drug-likeness (QED) is 0.110. The van der Waals surface area contributed by atoms with E-state index in [-0.39, 0.29) is 0 Å². The minimum atomic E-state index is -2.75. The van der Waals surface area contributed by atoms with E-state index >= 15 is 0 Å². The summed E-state index contributed by atoms with van der Waals surface area (Å²) in [6.07, 6.45) is 0. The molecule has 0 radical (unpaired) electrons. The van der Waals surface area contributed by atoms with Crippen molar-refractivity contribution >= 4 is 90.0 Å². The minimum Gasteiger partial charge on any atom is -0.0623 e. The monoisotopic (exact) mass is 968 g/mol. The van der Waals surface area contributed by atoms with E-state index in [4.69, 9.17) is 0 Å². The molecular formula is C72H48Si2. The van der Waals surface area contributed by atoms with Gasteiger partial charge in [0.15, 0.2) is 16.1 Å². The van der Waals surface area contributed by atoms with Crippen LogP contribution in [0, 0.1) is 0 Å². The van der Waals surface area contributed by atoms with E-state index in [2.05, 4.69) is 291 Å². The van der Waals surface area contributed by atoms with Crippen molar-refractivity contribution in [3.05, 3.63) is 291 Å². The molecule has 0 saturated carbocycles. The summed E-state index contributed by atoms with van der Waals surface area (Å²) >= 11 is 0. The predicted molar refractivity (Wildman–Crippen MR) is 320 cm³/mol. The Bertz CT molecular complexity index is 4030. The number of fused-ring (bicyclic) bond motifs is 9. The Labute approximate surface area is 434 Å². The van der Waals surface area contributed by atoms with Gasteiger partial charge in [0.05, 0.1) is 0 Å². The minimum absolute atomic E-state index is 1.24. The van der Waals surface area contributed by atoms with E-state index in [9.17, 15) is 0 Å². The molecular weight excluding hydrogens is 921 g/mol. The molecule has 0 N–H and O–H groups in total. The second-order valence-electron chi connectivity index (χ2n) is 20.1. The van der Waals surface area contributed by atoms with Crippen molar-refractivity contribution in [2.45, 2.75) is 0 Å². The molecule has 0 atom stereocenters. The molecule has 0 nitrogen and oxygen atoms in total. The average Bonchev–Trinajstić information content (AvgIpc) is 4.01. The molecule has 2 aliphatic rings. The molecule has 74 heavy (non-hydrogen) atoms. The first-order valence-corrected chi connectivity index (χ1v) is 29.9. The van der Waals surface area contributed by atoms with Crippen LogP contribution in [0.15, 0.2) is 291 Å². The Balaban J connectivity index is 1.06. The summed E-state index contributed by atoms with van der Waals surface area (Å²) in [6, 6.07) is 111. The number of benzene rings is 13. The lowest BCUT2D eigenvalue weighted by Gasteiger charge is -2.31. The number of hydrogen-bond donors (Lipinski definition) is 0. The van der Waals surface area contributed by atoms with Crippen LogP contribution >= 0.6 is 0 Å². The third-order valence-electron chi connectivity index (χ3n) is 16.6. The lowest BCUT2D eigenvalue weighted by molar-refractivity contribution is 1.64. The summed E-state index contributed by atoms with van der Waals surface area (Å²) in [5, 5.41) is 18.9. The summed E-state index contributed by atoms with van der Waals surface area (Å²) in [7, 11) is -5.49. The van der Waals surface area contributed by atoms with Gasteiger partial charge in [0.1, 0.15) is 0 Å². The third kappa shape index (κ3) is 5.95. The second-order valence-corrected chi connectivity index (χ2v) is 27.6. The molecule has 0 aliphatic carbocycles. The van der Waals surface area contributed by atoms with Gasteiger partial charge in [-0.2, -0.15) is 0 Å². The van der Waals surface area contributed by atoms with Gasteiger partial charge >= 0.3 is 0 Å². The van der Waals surface area contributed by atoms with Crippen LogP contribution in [0.2, 0.25) is 0 Å². The molecule has 15 rings (SSSR count). The normalized spacial score (nSPS) is 13.6. The molecule has 13 aromatic carbocycles. The zero-order valence-electron chi connectivity index (χ0n) is 40.7. The van der Waals surface area contributed by atoms with Gasteiger partial charge in [0.25, 0.3) is 0 Å². The van der Waals surface area contributed by atoms with E-state index in [0.29, 0.717) is 0 Å². The van der Waals surface area contributed by atoms with Gasteiger partial charge < -0.3 is 0 Å². The van der Waals surface area contributed by atoms with Crippen LogP contribution in [-0.4, -0.2) is 16.1 Å². The average molecular weight is 969 g/mol. The third-order valence-corrected chi connectivity index (χ3v) is 26.4. The summed E-state index contributed by atoms with van der Waals surface area (Å²) in [4.78, 5) is 0. The first-order valence-electron chi connectivity index (χ1n) is 25.9. The molecule has 2 heterocycles. The lowest BCUT2D eigenvalue weighted by Crippen LogP contribution is -2.72. The highest BCUT2D eigenvalue weighted by Crippen LogP contribution is 2.48. The fraction of sp³-hybridized carbons (Fsp3) is 0. The predicted octanol–water partition coefficient (Wildman–Crippen LogP) is 12.9. The lowest BCUT2D eigenvalue weighted by atomic mass is 9.83. The first kappa shape index (κ1) is 42.7. The first-order chi connectivity index (χ1) is 36.8. The van der Waals surface area contributed by atoms with Gasteiger partial charge in [-0.3, -0.25) is 0 Å². The molecule has 344 valence electrons. The highest BCUT2D eigenvalue weighted by Gasteiger charge is 2.50. The molecule has 0 fully saturated rings. The number of hydrogen-bond acceptors (Lipinski definition) is 0. The van der Waals surface area contributed by atoms with Gasteiger partial charge in [-0.15, -0.1) is 0 Å². The van der Waals surface area contributed by atoms with E-state index < -0.39 is 16.1 Å². The standard InChI is InChI=1S/C72H48Si2/c1-5-26-50(27-6-1)73(51-28-7-2-8-29-51)66-44-17-15-35-62(66)71-58(42-22-46-68(71)73)55-37-20-40-60-64(55)48-65-56(38-21-41-61(65)70(60)57-39-19-25-49-24-13-14-34-54(49)57)59-43-23-47-69-72(59)63-36-16-18-45-67(63)74(69,52-30-9-3-10-31-52)53-32-11-4-12-33-53/h1-48H. The Morgan fingerprint density at radius 2 is 0.486 bits per heavy atom. The van der Waals surface area contributed by atoms with E-state index in [1.807, 2.05) is 0 Å². The second kappa shape index (κ2) is 16.8. The number of rotatable bonds is 7. The van der Waals surface area contributed by atoms with Crippen molar-refractivity contribution in [3.63, 3.8) is 0 Å². The highest BCUT2D eigenvalue weighted by atomic mass is 28.3. The molecule has 0 bridgehead atoms. The Morgan fingerprint density at radius 1 is 0.176 bits per heavy atom. The van der Waals surface area contributed by atoms with Crippen LogP contribution in [0.4, 0.5) is 0 Å². The van der Waals surface area contributed by atoms with Crippen molar-refractivity contribution in [3.8, 4) is 55.6 Å². The SMILES string of the molecule is c1ccc([Si]2(c3ccccc3)c3ccccc3-c3c(-c4cccc5c(-c6cccc7ccccc67)c6cccc(-c7cccc8c7-c7ccccc7[Si]8(c7ccccc7)c7ccccc7)c6cc45)cccc32)cc1. The summed E-state index contributed by atoms with van der Waals surface area (Å²) < 4.78 is 0. The van der Waals surface area contributed by atoms with Crippen molar-refractivity contribution in [2.75, 3.05) is 0 Å². The molecule has 0 unspecified atom stereocenters. The van der Waals surface area contributed by atoms with Crippen molar-refractivity contribution < 1.29 is 0 Å². The summed E-state index contributed by atoms with van der Waals surface area (Å²) in [5.74, 6) is 0.